The number of amides is 1. The molecule has 0 spiro atoms. The fraction of sp³-hybridized carbons (Fsp3) is 0.609. The van der Waals surface area contributed by atoms with Crippen molar-refractivity contribution in [3.8, 4) is 0 Å². The summed E-state index contributed by atoms with van der Waals surface area (Å²) in [5.41, 5.74) is 2.70. The van der Waals surface area contributed by atoms with E-state index in [1.165, 1.54) is 22.7 Å². The van der Waals surface area contributed by atoms with E-state index in [4.69, 9.17) is 4.74 Å². The van der Waals surface area contributed by atoms with Crippen LogP contribution in [0.3, 0.4) is 0 Å². The van der Waals surface area contributed by atoms with Crippen LogP contribution in [0, 0.1) is 5.92 Å². The molecule has 1 saturated heterocycles. The number of sulfonamides is 1. The number of hydrogen-bond acceptors (Lipinski definition) is 6. The van der Waals surface area contributed by atoms with Crippen molar-refractivity contribution >= 4 is 27.0 Å². The number of rotatable bonds is 9. The number of aromatic nitrogens is 3. The maximum atomic E-state index is 13.3. The summed E-state index contributed by atoms with van der Waals surface area (Å²) >= 11 is 0. The van der Waals surface area contributed by atoms with Gasteiger partial charge in [-0.2, -0.15) is 4.31 Å². The van der Waals surface area contributed by atoms with Gasteiger partial charge in [0.1, 0.15) is 5.52 Å². The Morgan fingerprint density at radius 1 is 1.27 bits per heavy atom. The Bertz CT molecular complexity index is 1110. The van der Waals surface area contributed by atoms with Gasteiger partial charge >= 0.3 is 0 Å². The highest BCUT2D eigenvalue weighted by Gasteiger charge is 2.33. The number of carbonyl (C=O) groups is 1. The summed E-state index contributed by atoms with van der Waals surface area (Å²) in [6.07, 6.45) is 9.27. The Balaban J connectivity index is 1.39. The van der Waals surface area contributed by atoms with Crippen molar-refractivity contribution < 1.29 is 17.9 Å². The lowest BCUT2D eigenvalue weighted by molar-refractivity contribution is -0.126. The number of benzene rings is 1. The summed E-state index contributed by atoms with van der Waals surface area (Å²) < 4.78 is 34.8. The second-order valence-electron chi connectivity index (χ2n) is 8.81. The third-order valence-electron chi connectivity index (χ3n) is 6.52. The van der Waals surface area contributed by atoms with E-state index in [-0.39, 0.29) is 23.3 Å². The SMILES string of the molecule is COCCn1nnc2cc(S(=O)(=O)N3CCC[C@@H](C(=O)NCCC4=CCCCC4)C3)ccc21. The minimum absolute atomic E-state index is 0.0529. The number of fused-ring (bicyclic) bond motifs is 1. The number of hydrogen-bond donors (Lipinski definition) is 1. The maximum Gasteiger partial charge on any atom is 0.243 e. The predicted molar refractivity (Wildman–Crippen MR) is 125 cm³/mol. The highest BCUT2D eigenvalue weighted by Crippen LogP contribution is 2.26. The Morgan fingerprint density at radius 2 is 2.15 bits per heavy atom. The number of carbonyl (C=O) groups excluding carboxylic acids is 1. The van der Waals surface area contributed by atoms with Gasteiger partial charge in [0.2, 0.25) is 15.9 Å². The standard InChI is InChI=1S/C23H33N5O4S/c1-32-15-14-28-22-10-9-20(16-21(22)25-26-28)33(30,31)27-13-5-8-19(17-27)23(29)24-12-11-18-6-3-2-4-7-18/h6,9-10,16,19H,2-5,7-8,11-15,17H2,1H3,(H,24,29)/t19-/m1/s1. The van der Waals surface area contributed by atoms with Gasteiger partial charge in [-0.05, 0) is 63.1 Å². The first-order valence-electron chi connectivity index (χ1n) is 11.8. The molecule has 1 aromatic heterocycles. The number of nitrogens with one attached hydrogen (secondary N) is 1. The van der Waals surface area contributed by atoms with Gasteiger partial charge < -0.3 is 10.1 Å². The Labute approximate surface area is 195 Å². The summed E-state index contributed by atoms with van der Waals surface area (Å²) in [5, 5.41) is 11.2. The van der Waals surface area contributed by atoms with Crippen LogP contribution in [-0.4, -0.2) is 67.0 Å². The molecule has 2 aromatic rings. The summed E-state index contributed by atoms with van der Waals surface area (Å²) in [7, 11) is -2.11. The summed E-state index contributed by atoms with van der Waals surface area (Å²) in [5.74, 6) is -0.379. The van der Waals surface area contributed by atoms with E-state index in [0.717, 1.165) is 24.8 Å². The number of allylic oxidation sites excluding steroid dienone is 1. The molecule has 4 rings (SSSR count). The smallest absolute Gasteiger partial charge is 0.243 e. The van der Waals surface area contributed by atoms with E-state index in [0.29, 0.717) is 44.6 Å². The molecule has 10 heteroatoms. The molecule has 0 unspecified atom stereocenters. The van der Waals surface area contributed by atoms with Gasteiger partial charge in [0.25, 0.3) is 0 Å². The molecule has 9 nitrogen and oxygen atoms in total. The predicted octanol–water partition coefficient (Wildman–Crippen LogP) is 2.49. The first-order chi connectivity index (χ1) is 16.0. The second kappa shape index (κ2) is 10.8. The van der Waals surface area contributed by atoms with Crippen molar-refractivity contribution in [3.63, 3.8) is 0 Å². The van der Waals surface area contributed by atoms with E-state index in [2.05, 4.69) is 21.7 Å². The second-order valence-corrected chi connectivity index (χ2v) is 10.7. The van der Waals surface area contributed by atoms with E-state index >= 15 is 0 Å². The lowest BCUT2D eigenvalue weighted by Crippen LogP contribution is -2.45. The molecule has 1 amide bonds. The number of piperidine rings is 1. The average Bonchev–Trinajstić information content (AvgIpc) is 3.25. The van der Waals surface area contributed by atoms with E-state index in [9.17, 15) is 13.2 Å². The Hall–Kier alpha value is -2.30. The van der Waals surface area contributed by atoms with Crippen LogP contribution in [-0.2, 0) is 26.1 Å². The zero-order valence-electron chi connectivity index (χ0n) is 19.2. The average molecular weight is 476 g/mol. The minimum atomic E-state index is -3.72. The summed E-state index contributed by atoms with van der Waals surface area (Å²) in [6.45, 7) is 2.27. The van der Waals surface area contributed by atoms with Crippen LogP contribution >= 0.6 is 0 Å². The van der Waals surface area contributed by atoms with Gasteiger partial charge in [-0.15, -0.1) is 5.10 Å². The highest BCUT2D eigenvalue weighted by atomic mass is 32.2. The van der Waals surface area contributed by atoms with Crippen LogP contribution in [0.15, 0.2) is 34.7 Å². The van der Waals surface area contributed by atoms with Crippen molar-refractivity contribution in [1.29, 1.82) is 0 Å². The van der Waals surface area contributed by atoms with Crippen LogP contribution in [0.25, 0.3) is 11.0 Å². The molecule has 0 saturated carbocycles. The van der Waals surface area contributed by atoms with Gasteiger partial charge in [-0.25, -0.2) is 13.1 Å². The molecule has 2 heterocycles. The topological polar surface area (TPSA) is 106 Å². The van der Waals surface area contributed by atoms with Crippen LogP contribution in [0.2, 0.25) is 0 Å². The van der Waals surface area contributed by atoms with Crippen LogP contribution in [0.5, 0.6) is 0 Å². The first kappa shape index (κ1) is 23.8. The zero-order chi connectivity index (χ0) is 23.3. The van der Waals surface area contributed by atoms with E-state index < -0.39 is 10.0 Å². The number of methoxy groups -OCH3 is 1. The van der Waals surface area contributed by atoms with Crippen molar-refractivity contribution in [2.24, 2.45) is 5.92 Å². The van der Waals surface area contributed by atoms with Crippen molar-refractivity contribution in [2.75, 3.05) is 33.4 Å². The number of ether oxygens (including phenoxy) is 1. The third-order valence-corrected chi connectivity index (χ3v) is 8.38. The highest BCUT2D eigenvalue weighted by molar-refractivity contribution is 7.89. The van der Waals surface area contributed by atoms with Gasteiger partial charge in [-0.3, -0.25) is 4.79 Å². The molecule has 2 aliphatic rings. The Kier molecular flexibility index (Phi) is 7.77. The quantitative estimate of drug-likeness (QED) is 0.559. The molecular formula is C23H33N5O4S. The molecule has 1 atom stereocenters. The molecule has 33 heavy (non-hydrogen) atoms. The lowest BCUT2D eigenvalue weighted by atomic mass is 9.96. The van der Waals surface area contributed by atoms with Crippen molar-refractivity contribution in [3.05, 3.63) is 29.8 Å². The maximum absolute atomic E-state index is 13.3. The van der Waals surface area contributed by atoms with Crippen LogP contribution in [0.1, 0.15) is 44.9 Å². The van der Waals surface area contributed by atoms with Gasteiger partial charge in [0, 0.05) is 26.7 Å². The van der Waals surface area contributed by atoms with Gasteiger partial charge in [0.05, 0.1) is 29.5 Å². The normalized spacial score (nSPS) is 20.0. The fourth-order valence-electron chi connectivity index (χ4n) is 4.60. The largest absolute Gasteiger partial charge is 0.383 e. The van der Waals surface area contributed by atoms with Crippen LogP contribution < -0.4 is 5.32 Å². The van der Waals surface area contributed by atoms with Crippen LogP contribution in [0.4, 0.5) is 0 Å². The molecule has 1 aliphatic carbocycles. The van der Waals surface area contributed by atoms with Gasteiger partial charge in [-0.1, -0.05) is 16.9 Å². The first-order valence-corrected chi connectivity index (χ1v) is 13.2. The minimum Gasteiger partial charge on any atom is -0.383 e. The number of nitrogens with zero attached hydrogens (tertiary/aromatic N) is 4. The molecule has 1 N–H and O–H groups in total. The molecule has 1 aromatic carbocycles. The van der Waals surface area contributed by atoms with E-state index in [1.54, 1.807) is 30.0 Å². The molecule has 1 fully saturated rings. The molecule has 180 valence electrons. The Morgan fingerprint density at radius 3 is 2.94 bits per heavy atom. The third kappa shape index (κ3) is 5.62. The van der Waals surface area contributed by atoms with Crippen molar-refractivity contribution in [1.82, 2.24) is 24.6 Å². The molecular weight excluding hydrogens is 442 g/mol. The fourth-order valence-corrected chi connectivity index (χ4v) is 6.15. The van der Waals surface area contributed by atoms with Gasteiger partial charge in [0.15, 0.2) is 0 Å². The van der Waals surface area contributed by atoms with Crippen molar-refractivity contribution in [2.45, 2.75) is 56.4 Å². The summed E-state index contributed by atoms with van der Waals surface area (Å²) in [4.78, 5) is 12.9. The molecule has 0 radical (unpaired) electrons. The monoisotopic (exact) mass is 475 g/mol. The molecule has 0 bridgehead atoms. The molecule has 1 aliphatic heterocycles. The van der Waals surface area contributed by atoms with E-state index in [1.807, 2.05) is 0 Å². The summed E-state index contributed by atoms with van der Waals surface area (Å²) in [6, 6.07) is 4.88. The lowest BCUT2D eigenvalue weighted by Gasteiger charge is -2.31. The zero-order valence-corrected chi connectivity index (χ0v) is 20.0.